The van der Waals surface area contributed by atoms with Crippen LogP contribution in [0.15, 0.2) is 47.2 Å². The Labute approximate surface area is 124 Å². The molecule has 0 aliphatic heterocycles. The van der Waals surface area contributed by atoms with E-state index in [1.807, 2.05) is 0 Å². The number of hydrogen-bond acceptors (Lipinski definition) is 2. The highest BCUT2D eigenvalue weighted by atomic mass is 32.1. The van der Waals surface area contributed by atoms with Crippen LogP contribution in [0.3, 0.4) is 0 Å². The van der Waals surface area contributed by atoms with Gasteiger partial charge in [0.15, 0.2) is 0 Å². The molecule has 0 radical (unpaired) electrons. The Balaban J connectivity index is 2.08. The van der Waals surface area contributed by atoms with Gasteiger partial charge in [-0.3, -0.25) is 0 Å². The summed E-state index contributed by atoms with van der Waals surface area (Å²) in [5.74, 6) is 0. The van der Waals surface area contributed by atoms with Gasteiger partial charge in [-0.05, 0) is 34.5 Å². The Bertz CT molecular complexity index is 570. The molecular formula is C14H13F3N2OS. The molecule has 0 saturated carbocycles. The van der Waals surface area contributed by atoms with Gasteiger partial charge in [0.25, 0.3) is 0 Å². The third-order valence-electron chi connectivity index (χ3n) is 2.64. The molecule has 0 bridgehead atoms. The summed E-state index contributed by atoms with van der Waals surface area (Å²) in [6.07, 6.45) is -4.44. The first kappa shape index (κ1) is 15.4. The lowest BCUT2D eigenvalue weighted by Crippen LogP contribution is -2.40. The van der Waals surface area contributed by atoms with Crippen molar-refractivity contribution >= 4 is 23.1 Å². The van der Waals surface area contributed by atoms with Crippen LogP contribution in [0.4, 0.5) is 23.7 Å². The van der Waals surface area contributed by atoms with Crippen LogP contribution in [-0.2, 0) is 6.54 Å². The number of alkyl halides is 3. The molecule has 1 N–H and O–H groups in total. The molecule has 3 nitrogen and oxygen atoms in total. The molecule has 0 unspecified atom stereocenters. The highest BCUT2D eigenvalue weighted by molar-refractivity contribution is 7.07. The topological polar surface area (TPSA) is 32.3 Å². The lowest BCUT2D eigenvalue weighted by atomic mass is 10.3. The molecule has 0 atom stereocenters. The van der Waals surface area contributed by atoms with Gasteiger partial charge in [0.2, 0.25) is 0 Å². The molecular weight excluding hydrogens is 301 g/mol. The van der Waals surface area contributed by atoms with Gasteiger partial charge in [-0.15, -0.1) is 0 Å². The summed E-state index contributed by atoms with van der Waals surface area (Å²) < 4.78 is 37.8. The second-order valence-corrected chi connectivity index (χ2v) is 5.18. The van der Waals surface area contributed by atoms with Crippen molar-refractivity contribution in [2.75, 3.05) is 11.9 Å². The fourth-order valence-electron chi connectivity index (χ4n) is 1.74. The Morgan fingerprint density at radius 3 is 2.48 bits per heavy atom. The number of benzene rings is 1. The number of nitrogens with one attached hydrogen (secondary N) is 1. The van der Waals surface area contributed by atoms with E-state index in [0.29, 0.717) is 11.3 Å². The third-order valence-corrected chi connectivity index (χ3v) is 3.37. The number of carbonyl (C=O) groups excluding carboxylic acids is 1. The van der Waals surface area contributed by atoms with Gasteiger partial charge in [-0.1, -0.05) is 18.2 Å². The molecule has 1 aromatic carbocycles. The maximum atomic E-state index is 12.6. The highest BCUT2D eigenvalue weighted by Gasteiger charge is 2.33. The fourth-order valence-corrected chi connectivity index (χ4v) is 2.40. The smallest absolute Gasteiger partial charge is 0.311 e. The molecule has 1 aromatic heterocycles. The first-order valence-electron chi connectivity index (χ1n) is 6.13. The molecule has 0 aliphatic rings. The predicted molar refractivity (Wildman–Crippen MR) is 76.2 cm³/mol. The number of carbonyl (C=O) groups is 1. The van der Waals surface area contributed by atoms with Gasteiger partial charge in [0, 0.05) is 12.2 Å². The number of amides is 2. The number of rotatable bonds is 4. The average molecular weight is 314 g/mol. The number of nitrogens with zero attached hydrogens (tertiary/aromatic N) is 1. The van der Waals surface area contributed by atoms with Gasteiger partial charge < -0.3 is 10.2 Å². The Morgan fingerprint density at radius 2 is 1.90 bits per heavy atom. The van der Waals surface area contributed by atoms with E-state index in [9.17, 15) is 18.0 Å². The van der Waals surface area contributed by atoms with Crippen LogP contribution >= 0.6 is 11.3 Å². The van der Waals surface area contributed by atoms with Crippen molar-refractivity contribution in [2.45, 2.75) is 12.7 Å². The molecule has 0 saturated heterocycles. The molecule has 1 heterocycles. The van der Waals surface area contributed by atoms with Gasteiger partial charge >= 0.3 is 12.2 Å². The molecule has 21 heavy (non-hydrogen) atoms. The molecule has 112 valence electrons. The van der Waals surface area contributed by atoms with E-state index in [-0.39, 0.29) is 6.54 Å². The van der Waals surface area contributed by atoms with Gasteiger partial charge in [0.05, 0.1) is 0 Å². The van der Waals surface area contributed by atoms with Crippen LogP contribution in [0.5, 0.6) is 0 Å². The van der Waals surface area contributed by atoms with Crippen LogP contribution in [-0.4, -0.2) is 23.7 Å². The average Bonchev–Trinajstić information content (AvgIpc) is 2.90. The van der Waals surface area contributed by atoms with E-state index in [1.165, 1.54) is 11.3 Å². The predicted octanol–water partition coefficient (Wildman–Crippen LogP) is 4.34. The standard InChI is InChI=1S/C14H13F3N2OS/c15-14(16,17)10-19(8-11-6-7-21-9-11)13(20)18-12-4-2-1-3-5-12/h1-7,9H,8,10H2,(H,18,20). The summed E-state index contributed by atoms with van der Waals surface area (Å²) in [7, 11) is 0. The van der Waals surface area contributed by atoms with E-state index in [4.69, 9.17) is 0 Å². The van der Waals surface area contributed by atoms with Crippen LogP contribution in [0.1, 0.15) is 5.56 Å². The minimum absolute atomic E-state index is 0.0817. The molecule has 0 spiro atoms. The maximum absolute atomic E-state index is 12.6. The van der Waals surface area contributed by atoms with E-state index >= 15 is 0 Å². The zero-order chi connectivity index (χ0) is 15.3. The zero-order valence-electron chi connectivity index (χ0n) is 10.9. The summed E-state index contributed by atoms with van der Waals surface area (Å²) in [5, 5.41) is 5.95. The van der Waals surface area contributed by atoms with E-state index in [0.717, 1.165) is 4.90 Å². The second kappa shape index (κ2) is 6.62. The summed E-state index contributed by atoms with van der Waals surface area (Å²) in [4.78, 5) is 12.8. The Kier molecular flexibility index (Phi) is 4.85. The summed E-state index contributed by atoms with van der Waals surface area (Å²) in [6.45, 7) is -1.37. The fraction of sp³-hybridized carbons (Fsp3) is 0.214. The van der Waals surface area contributed by atoms with Crippen molar-refractivity contribution in [2.24, 2.45) is 0 Å². The largest absolute Gasteiger partial charge is 0.406 e. The van der Waals surface area contributed by atoms with Crippen molar-refractivity contribution in [1.29, 1.82) is 0 Å². The first-order chi connectivity index (χ1) is 9.94. The van der Waals surface area contributed by atoms with Gasteiger partial charge in [0.1, 0.15) is 6.54 Å². The summed E-state index contributed by atoms with van der Waals surface area (Å²) >= 11 is 1.38. The highest BCUT2D eigenvalue weighted by Crippen LogP contribution is 2.20. The number of thiophene rings is 1. The van der Waals surface area contributed by atoms with Crippen molar-refractivity contribution in [3.63, 3.8) is 0 Å². The Hall–Kier alpha value is -2.02. The molecule has 0 aliphatic carbocycles. The normalized spacial score (nSPS) is 11.2. The Morgan fingerprint density at radius 1 is 1.19 bits per heavy atom. The number of halogens is 3. The van der Waals surface area contributed by atoms with Crippen molar-refractivity contribution in [3.05, 3.63) is 52.7 Å². The lowest BCUT2D eigenvalue weighted by molar-refractivity contribution is -0.140. The second-order valence-electron chi connectivity index (χ2n) is 4.40. The van der Waals surface area contributed by atoms with E-state index in [2.05, 4.69) is 5.32 Å². The SMILES string of the molecule is O=C(Nc1ccccc1)N(Cc1ccsc1)CC(F)(F)F. The lowest BCUT2D eigenvalue weighted by Gasteiger charge is -2.24. The van der Waals surface area contributed by atoms with E-state index in [1.54, 1.807) is 47.2 Å². The quantitative estimate of drug-likeness (QED) is 0.894. The van der Waals surface area contributed by atoms with Gasteiger partial charge in [-0.25, -0.2) is 4.79 Å². The van der Waals surface area contributed by atoms with Crippen molar-refractivity contribution in [1.82, 2.24) is 4.90 Å². The molecule has 2 rings (SSSR count). The zero-order valence-corrected chi connectivity index (χ0v) is 11.7. The molecule has 2 aromatic rings. The molecule has 7 heteroatoms. The first-order valence-corrected chi connectivity index (χ1v) is 7.07. The maximum Gasteiger partial charge on any atom is 0.406 e. The van der Waals surface area contributed by atoms with E-state index < -0.39 is 18.8 Å². The summed E-state index contributed by atoms with van der Waals surface area (Å²) in [6, 6.07) is 9.32. The van der Waals surface area contributed by atoms with Crippen LogP contribution in [0.25, 0.3) is 0 Å². The number of anilines is 1. The summed E-state index contributed by atoms with van der Waals surface area (Å²) in [5.41, 5.74) is 1.13. The van der Waals surface area contributed by atoms with Crippen molar-refractivity contribution < 1.29 is 18.0 Å². The third kappa shape index (κ3) is 5.11. The van der Waals surface area contributed by atoms with Gasteiger partial charge in [-0.2, -0.15) is 24.5 Å². The molecule has 2 amide bonds. The van der Waals surface area contributed by atoms with Crippen molar-refractivity contribution in [3.8, 4) is 0 Å². The van der Waals surface area contributed by atoms with Crippen LogP contribution < -0.4 is 5.32 Å². The molecule has 0 fully saturated rings. The monoisotopic (exact) mass is 314 g/mol. The van der Waals surface area contributed by atoms with Crippen LogP contribution in [0, 0.1) is 0 Å². The van der Waals surface area contributed by atoms with Crippen LogP contribution in [0.2, 0.25) is 0 Å². The minimum Gasteiger partial charge on any atom is -0.311 e. The number of hydrogen-bond donors (Lipinski definition) is 1. The minimum atomic E-state index is -4.44. The number of urea groups is 1. The number of para-hydroxylation sites is 1.